The summed E-state index contributed by atoms with van der Waals surface area (Å²) in [5, 5.41) is 11.0. The molecule has 0 aromatic heterocycles. The number of unbranched alkanes of at least 4 members (excludes halogenated alkanes) is 1. The summed E-state index contributed by atoms with van der Waals surface area (Å²) in [4.78, 5) is 13.7. The highest BCUT2D eigenvalue weighted by molar-refractivity contribution is 5.94. The van der Waals surface area contributed by atoms with Gasteiger partial charge in [0, 0.05) is 13.0 Å². The molecule has 4 N–H and O–H groups in total. The van der Waals surface area contributed by atoms with E-state index in [1.54, 1.807) is 0 Å². The minimum absolute atomic E-state index is 0.00858. The molecule has 5 heteroatoms. The van der Waals surface area contributed by atoms with Crippen LogP contribution in [-0.2, 0) is 4.79 Å². The SMILES string of the molecule is CCCN(C(=N)N)C(=O)CC(C)CCC(C)CCCCNCC(C)C. The molecule has 0 heterocycles. The van der Waals surface area contributed by atoms with Gasteiger partial charge in [-0.2, -0.15) is 0 Å². The van der Waals surface area contributed by atoms with Crippen molar-refractivity contribution in [3.8, 4) is 0 Å². The lowest BCUT2D eigenvalue weighted by Gasteiger charge is -2.22. The Bertz CT molecular complexity index is 371. The van der Waals surface area contributed by atoms with Crippen molar-refractivity contribution in [3.63, 3.8) is 0 Å². The van der Waals surface area contributed by atoms with Gasteiger partial charge in [-0.3, -0.25) is 15.1 Å². The number of nitrogens with one attached hydrogen (secondary N) is 2. The summed E-state index contributed by atoms with van der Waals surface area (Å²) in [6.45, 7) is 13.7. The van der Waals surface area contributed by atoms with Crippen LogP contribution in [0.4, 0.5) is 0 Å². The van der Waals surface area contributed by atoms with Crippen LogP contribution < -0.4 is 11.1 Å². The van der Waals surface area contributed by atoms with Crippen LogP contribution in [-0.4, -0.2) is 36.4 Å². The van der Waals surface area contributed by atoms with Gasteiger partial charge in [0.15, 0.2) is 5.96 Å². The number of guanidine groups is 1. The predicted molar refractivity (Wildman–Crippen MR) is 108 cm³/mol. The molecule has 5 nitrogen and oxygen atoms in total. The highest BCUT2D eigenvalue weighted by Gasteiger charge is 2.18. The van der Waals surface area contributed by atoms with E-state index < -0.39 is 0 Å². The highest BCUT2D eigenvalue weighted by Crippen LogP contribution is 2.20. The molecule has 2 atom stereocenters. The van der Waals surface area contributed by atoms with Crippen LogP contribution in [0.15, 0.2) is 0 Å². The molecule has 0 radical (unpaired) electrons. The van der Waals surface area contributed by atoms with Gasteiger partial charge in [0.05, 0.1) is 0 Å². The smallest absolute Gasteiger partial charge is 0.229 e. The summed E-state index contributed by atoms with van der Waals surface area (Å²) in [6.07, 6.45) is 7.33. The van der Waals surface area contributed by atoms with Gasteiger partial charge in [0.2, 0.25) is 5.91 Å². The van der Waals surface area contributed by atoms with E-state index in [0.717, 1.165) is 31.8 Å². The van der Waals surface area contributed by atoms with Gasteiger partial charge in [-0.15, -0.1) is 0 Å². The summed E-state index contributed by atoms with van der Waals surface area (Å²) in [5.74, 6) is 1.65. The molecule has 0 aliphatic heterocycles. The minimum atomic E-state index is -0.126. The molecule has 0 fully saturated rings. The Hall–Kier alpha value is -1.10. The molecule has 0 aromatic carbocycles. The Morgan fingerprint density at radius 3 is 2.28 bits per heavy atom. The van der Waals surface area contributed by atoms with Gasteiger partial charge in [-0.05, 0) is 50.1 Å². The summed E-state index contributed by atoms with van der Waals surface area (Å²) >= 11 is 0. The number of carbonyl (C=O) groups excluding carboxylic acids is 1. The summed E-state index contributed by atoms with van der Waals surface area (Å²) in [5.41, 5.74) is 5.51. The molecule has 0 saturated carbocycles. The van der Waals surface area contributed by atoms with Gasteiger partial charge >= 0.3 is 0 Å². The Labute approximate surface area is 155 Å². The molecular weight excluding hydrogens is 312 g/mol. The fraction of sp³-hybridized carbons (Fsp3) is 0.900. The van der Waals surface area contributed by atoms with Crippen molar-refractivity contribution in [1.29, 1.82) is 5.41 Å². The highest BCUT2D eigenvalue weighted by atomic mass is 16.2. The Balaban J connectivity index is 3.87. The topological polar surface area (TPSA) is 82.2 Å². The van der Waals surface area contributed by atoms with Crippen molar-refractivity contribution in [2.24, 2.45) is 23.5 Å². The van der Waals surface area contributed by atoms with Gasteiger partial charge in [0.25, 0.3) is 0 Å². The van der Waals surface area contributed by atoms with Crippen LogP contribution in [0, 0.1) is 23.2 Å². The van der Waals surface area contributed by atoms with E-state index in [9.17, 15) is 4.79 Å². The van der Waals surface area contributed by atoms with Crippen molar-refractivity contribution in [3.05, 3.63) is 0 Å². The first kappa shape index (κ1) is 23.9. The number of nitrogens with zero attached hydrogens (tertiary/aromatic N) is 1. The standard InChI is InChI=1S/C20H42N4O/c1-6-13-24(20(21)22)19(25)14-18(5)11-10-17(4)9-7-8-12-23-15-16(2)3/h16-18,23H,6-15H2,1-5H3,(H3,21,22). The van der Waals surface area contributed by atoms with E-state index in [1.807, 2.05) is 6.92 Å². The first-order valence-corrected chi connectivity index (χ1v) is 10.1. The fourth-order valence-electron chi connectivity index (χ4n) is 2.96. The number of rotatable bonds is 14. The summed E-state index contributed by atoms with van der Waals surface area (Å²) in [7, 11) is 0. The number of nitrogens with two attached hydrogens (primary N) is 1. The molecule has 0 aromatic rings. The zero-order valence-corrected chi connectivity index (χ0v) is 17.2. The number of carbonyl (C=O) groups is 1. The van der Waals surface area contributed by atoms with E-state index in [2.05, 4.69) is 33.0 Å². The van der Waals surface area contributed by atoms with Crippen LogP contribution in [0.1, 0.15) is 79.6 Å². The van der Waals surface area contributed by atoms with Crippen LogP contribution in [0.2, 0.25) is 0 Å². The quantitative estimate of drug-likeness (QED) is 0.251. The predicted octanol–water partition coefficient (Wildman–Crippen LogP) is 3.98. The van der Waals surface area contributed by atoms with Gasteiger partial charge < -0.3 is 11.1 Å². The summed E-state index contributed by atoms with van der Waals surface area (Å²) in [6, 6.07) is 0. The average Bonchev–Trinajstić information content (AvgIpc) is 2.53. The van der Waals surface area contributed by atoms with Crippen LogP contribution >= 0.6 is 0 Å². The van der Waals surface area contributed by atoms with Crippen molar-refractivity contribution >= 4 is 11.9 Å². The van der Waals surface area contributed by atoms with Crippen molar-refractivity contribution < 1.29 is 4.79 Å². The maximum atomic E-state index is 12.2. The van der Waals surface area contributed by atoms with E-state index in [1.165, 1.54) is 30.6 Å². The molecule has 148 valence electrons. The Morgan fingerprint density at radius 1 is 1.08 bits per heavy atom. The molecule has 1 amide bonds. The maximum Gasteiger partial charge on any atom is 0.229 e. The average molecular weight is 355 g/mol. The van der Waals surface area contributed by atoms with Crippen molar-refractivity contribution in [2.75, 3.05) is 19.6 Å². The van der Waals surface area contributed by atoms with E-state index in [4.69, 9.17) is 11.1 Å². The van der Waals surface area contributed by atoms with Crippen LogP contribution in [0.5, 0.6) is 0 Å². The molecule has 0 aliphatic carbocycles. The zero-order chi connectivity index (χ0) is 19.2. The lowest BCUT2D eigenvalue weighted by Crippen LogP contribution is -2.42. The molecule has 0 rings (SSSR count). The first-order valence-electron chi connectivity index (χ1n) is 10.1. The molecule has 0 saturated heterocycles. The molecular formula is C20H42N4O. The summed E-state index contributed by atoms with van der Waals surface area (Å²) < 4.78 is 0. The maximum absolute atomic E-state index is 12.2. The monoisotopic (exact) mass is 354 g/mol. The lowest BCUT2D eigenvalue weighted by molar-refractivity contribution is -0.128. The third-order valence-electron chi connectivity index (χ3n) is 4.57. The first-order chi connectivity index (χ1) is 11.8. The zero-order valence-electron chi connectivity index (χ0n) is 17.2. The molecule has 0 bridgehead atoms. The Kier molecular flexibility index (Phi) is 13.5. The van der Waals surface area contributed by atoms with E-state index in [-0.39, 0.29) is 11.9 Å². The van der Waals surface area contributed by atoms with E-state index >= 15 is 0 Å². The second-order valence-corrected chi connectivity index (χ2v) is 8.02. The van der Waals surface area contributed by atoms with Crippen LogP contribution in [0.25, 0.3) is 0 Å². The normalized spacial score (nSPS) is 13.7. The second kappa shape index (κ2) is 14.1. The fourth-order valence-corrected chi connectivity index (χ4v) is 2.96. The number of amides is 1. The van der Waals surface area contributed by atoms with Gasteiger partial charge in [-0.1, -0.05) is 53.9 Å². The van der Waals surface area contributed by atoms with Gasteiger partial charge in [0.1, 0.15) is 0 Å². The number of hydrogen-bond donors (Lipinski definition) is 3. The van der Waals surface area contributed by atoms with Crippen molar-refractivity contribution in [2.45, 2.75) is 79.6 Å². The molecule has 25 heavy (non-hydrogen) atoms. The molecule has 0 aliphatic rings. The minimum Gasteiger partial charge on any atom is -0.370 e. The third-order valence-corrected chi connectivity index (χ3v) is 4.57. The third kappa shape index (κ3) is 12.9. The Morgan fingerprint density at radius 2 is 1.72 bits per heavy atom. The van der Waals surface area contributed by atoms with E-state index in [0.29, 0.717) is 24.8 Å². The largest absolute Gasteiger partial charge is 0.370 e. The van der Waals surface area contributed by atoms with Gasteiger partial charge in [-0.25, -0.2) is 0 Å². The van der Waals surface area contributed by atoms with Crippen molar-refractivity contribution in [1.82, 2.24) is 10.2 Å². The molecule has 0 spiro atoms. The molecule has 2 unspecified atom stereocenters. The lowest BCUT2D eigenvalue weighted by atomic mass is 9.92. The second-order valence-electron chi connectivity index (χ2n) is 8.02. The number of hydrogen-bond acceptors (Lipinski definition) is 3. The van der Waals surface area contributed by atoms with Crippen LogP contribution in [0.3, 0.4) is 0 Å².